The largest absolute Gasteiger partial charge is 0.391 e. The van der Waals surface area contributed by atoms with E-state index in [0.29, 0.717) is 19.6 Å². The molecule has 0 spiro atoms. The molecule has 1 saturated heterocycles. The van der Waals surface area contributed by atoms with Gasteiger partial charge >= 0.3 is 0 Å². The van der Waals surface area contributed by atoms with Gasteiger partial charge in [0.1, 0.15) is 0 Å². The van der Waals surface area contributed by atoms with E-state index >= 15 is 0 Å². The van der Waals surface area contributed by atoms with Crippen LogP contribution in [0.2, 0.25) is 0 Å². The number of nitro groups is 1. The van der Waals surface area contributed by atoms with E-state index in [0.717, 1.165) is 31.2 Å². The molecule has 8 nitrogen and oxygen atoms in total. The van der Waals surface area contributed by atoms with Gasteiger partial charge in [-0.25, -0.2) is 0 Å². The van der Waals surface area contributed by atoms with Crippen molar-refractivity contribution in [2.45, 2.75) is 19.4 Å². The van der Waals surface area contributed by atoms with Crippen LogP contribution in [-0.2, 0) is 0 Å². The van der Waals surface area contributed by atoms with Crippen LogP contribution in [0.3, 0.4) is 0 Å². The Morgan fingerprint density at radius 2 is 2.22 bits per heavy atom. The van der Waals surface area contributed by atoms with E-state index in [1.165, 1.54) is 12.1 Å². The molecule has 1 atom stereocenters. The Morgan fingerprint density at radius 3 is 2.78 bits per heavy atom. The quantitative estimate of drug-likeness (QED) is 0.238. The minimum atomic E-state index is -0.415. The van der Waals surface area contributed by atoms with Gasteiger partial charge in [0, 0.05) is 44.0 Å². The van der Waals surface area contributed by atoms with Gasteiger partial charge in [-0.05, 0) is 25.5 Å². The summed E-state index contributed by atoms with van der Waals surface area (Å²) in [6.45, 7) is 5.41. The number of likely N-dealkylation sites (tertiary alicyclic amines) is 1. The van der Waals surface area contributed by atoms with E-state index in [1.54, 1.807) is 12.1 Å². The minimum Gasteiger partial charge on any atom is -0.391 e. The first-order chi connectivity index (χ1) is 11.1. The fraction of sp³-hybridized carbons (Fsp3) is 0.533. The van der Waals surface area contributed by atoms with Gasteiger partial charge in [0.25, 0.3) is 5.69 Å². The van der Waals surface area contributed by atoms with E-state index in [2.05, 4.69) is 20.5 Å². The summed E-state index contributed by atoms with van der Waals surface area (Å²) in [5.41, 5.74) is 0.906. The average Bonchev–Trinajstić information content (AvgIpc) is 2.97. The topological polar surface area (TPSA) is 103 Å². The zero-order valence-corrected chi connectivity index (χ0v) is 13.2. The second-order valence-corrected chi connectivity index (χ2v) is 5.35. The Balaban J connectivity index is 1.82. The van der Waals surface area contributed by atoms with Gasteiger partial charge in [0.15, 0.2) is 5.96 Å². The summed E-state index contributed by atoms with van der Waals surface area (Å²) in [5.74, 6) is 0.814. The molecule has 8 heteroatoms. The number of anilines is 1. The summed E-state index contributed by atoms with van der Waals surface area (Å²) >= 11 is 0. The summed E-state index contributed by atoms with van der Waals surface area (Å²) in [6.07, 6.45) is 0.489. The highest BCUT2D eigenvalue weighted by molar-refractivity contribution is 5.80. The summed E-state index contributed by atoms with van der Waals surface area (Å²) in [4.78, 5) is 16.8. The maximum Gasteiger partial charge on any atom is 0.269 e. The summed E-state index contributed by atoms with van der Waals surface area (Å²) in [6, 6.07) is 6.32. The highest BCUT2D eigenvalue weighted by Crippen LogP contribution is 2.15. The average molecular weight is 321 g/mol. The van der Waals surface area contributed by atoms with Crippen LogP contribution in [0.1, 0.15) is 13.3 Å². The smallest absolute Gasteiger partial charge is 0.269 e. The Hall–Kier alpha value is -2.35. The first kappa shape index (κ1) is 17.0. The van der Waals surface area contributed by atoms with Crippen LogP contribution in [0.15, 0.2) is 29.3 Å². The lowest BCUT2D eigenvalue weighted by atomic mass is 10.3. The van der Waals surface area contributed by atoms with Crippen LogP contribution in [0.5, 0.6) is 0 Å². The second-order valence-electron chi connectivity index (χ2n) is 5.35. The number of aliphatic hydroxyl groups excluding tert-OH is 1. The maximum atomic E-state index is 10.6. The Labute approximate surface area is 135 Å². The fourth-order valence-electron chi connectivity index (χ4n) is 2.42. The number of aliphatic hydroxyl groups is 1. The van der Waals surface area contributed by atoms with E-state index in [1.807, 2.05) is 6.92 Å². The second kappa shape index (κ2) is 8.33. The van der Waals surface area contributed by atoms with Crippen LogP contribution >= 0.6 is 0 Å². The molecule has 2 rings (SSSR count). The Bertz CT molecular complexity index is 547. The fourth-order valence-corrected chi connectivity index (χ4v) is 2.42. The molecule has 0 amide bonds. The normalized spacial score (nSPS) is 18.1. The van der Waals surface area contributed by atoms with Crippen molar-refractivity contribution in [3.05, 3.63) is 34.4 Å². The summed E-state index contributed by atoms with van der Waals surface area (Å²) in [5, 5.41) is 26.6. The van der Waals surface area contributed by atoms with Crippen molar-refractivity contribution in [1.29, 1.82) is 0 Å². The highest BCUT2D eigenvalue weighted by atomic mass is 16.6. The third-order valence-corrected chi connectivity index (χ3v) is 3.58. The number of hydrogen-bond donors (Lipinski definition) is 3. The molecular formula is C15H23N5O3. The molecule has 0 saturated carbocycles. The monoisotopic (exact) mass is 321 g/mol. The lowest BCUT2D eigenvalue weighted by Gasteiger charge is -2.21. The lowest BCUT2D eigenvalue weighted by Crippen LogP contribution is -2.40. The number of β-amino-alcohol motifs (C(OH)–C–C–N with tert-alkyl or cyclic N) is 1. The molecule has 0 aromatic heterocycles. The van der Waals surface area contributed by atoms with Gasteiger partial charge < -0.3 is 20.6 Å². The van der Waals surface area contributed by atoms with Gasteiger partial charge in [0.2, 0.25) is 0 Å². The zero-order chi connectivity index (χ0) is 16.7. The molecule has 1 fully saturated rings. The number of hydrogen-bond acceptors (Lipinski definition) is 5. The molecule has 3 N–H and O–H groups in total. The third-order valence-electron chi connectivity index (χ3n) is 3.58. The summed E-state index contributed by atoms with van der Waals surface area (Å²) < 4.78 is 0. The van der Waals surface area contributed by atoms with E-state index in [4.69, 9.17) is 0 Å². The first-order valence-corrected chi connectivity index (χ1v) is 7.79. The SMILES string of the molecule is CCNC(=NCCNc1ccc([N+](=O)[O-])cc1)N1CC[C@@H](O)C1. The van der Waals surface area contributed by atoms with Crippen LogP contribution in [0.25, 0.3) is 0 Å². The lowest BCUT2D eigenvalue weighted by molar-refractivity contribution is -0.384. The molecule has 1 aromatic carbocycles. The highest BCUT2D eigenvalue weighted by Gasteiger charge is 2.22. The molecule has 1 aromatic rings. The number of rotatable bonds is 6. The van der Waals surface area contributed by atoms with Gasteiger partial charge in [-0.1, -0.05) is 0 Å². The number of nitrogens with zero attached hydrogens (tertiary/aromatic N) is 3. The molecule has 1 aliphatic rings. The van der Waals surface area contributed by atoms with Crippen molar-refractivity contribution < 1.29 is 10.0 Å². The molecule has 0 bridgehead atoms. The molecule has 0 aliphatic carbocycles. The number of guanidine groups is 1. The third kappa shape index (κ3) is 5.10. The van der Waals surface area contributed by atoms with Crippen molar-refractivity contribution in [1.82, 2.24) is 10.2 Å². The van der Waals surface area contributed by atoms with Gasteiger partial charge in [-0.2, -0.15) is 0 Å². The van der Waals surface area contributed by atoms with Gasteiger partial charge in [-0.15, -0.1) is 0 Å². The molecule has 0 radical (unpaired) electrons. The molecule has 126 valence electrons. The van der Waals surface area contributed by atoms with Crippen LogP contribution in [0.4, 0.5) is 11.4 Å². The number of nitro benzene ring substituents is 1. The first-order valence-electron chi connectivity index (χ1n) is 7.79. The molecule has 1 aliphatic heterocycles. The van der Waals surface area contributed by atoms with E-state index < -0.39 is 4.92 Å². The van der Waals surface area contributed by atoms with Crippen molar-refractivity contribution in [2.75, 3.05) is 38.0 Å². The predicted molar refractivity (Wildman–Crippen MR) is 89.8 cm³/mol. The maximum absolute atomic E-state index is 10.6. The summed E-state index contributed by atoms with van der Waals surface area (Å²) in [7, 11) is 0. The van der Waals surface area contributed by atoms with Crippen molar-refractivity contribution in [3.63, 3.8) is 0 Å². The molecule has 23 heavy (non-hydrogen) atoms. The number of aliphatic imine (C=N–C) groups is 1. The molecular weight excluding hydrogens is 298 g/mol. The van der Waals surface area contributed by atoms with Crippen LogP contribution in [0, 0.1) is 10.1 Å². The Kier molecular flexibility index (Phi) is 6.16. The van der Waals surface area contributed by atoms with Gasteiger partial charge in [0.05, 0.1) is 17.6 Å². The van der Waals surface area contributed by atoms with Crippen molar-refractivity contribution in [2.24, 2.45) is 4.99 Å². The standard InChI is InChI=1S/C15H23N5O3/c1-2-16-15(19-10-7-14(21)11-19)18-9-8-17-12-3-5-13(6-4-12)20(22)23/h3-6,14,17,21H,2,7-11H2,1H3,(H,16,18)/t14-/m1/s1. The van der Waals surface area contributed by atoms with Crippen LogP contribution in [-0.4, -0.2) is 59.7 Å². The van der Waals surface area contributed by atoms with E-state index in [9.17, 15) is 15.2 Å². The zero-order valence-electron chi connectivity index (χ0n) is 13.2. The van der Waals surface area contributed by atoms with Crippen molar-refractivity contribution in [3.8, 4) is 0 Å². The number of benzene rings is 1. The van der Waals surface area contributed by atoms with E-state index in [-0.39, 0.29) is 11.8 Å². The Morgan fingerprint density at radius 1 is 1.48 bits per heavy atom. The van der Waals surface area contributed by atoms with Crippen molar-refractivity contribution >= 4 is 17.3 Å². The number of nitrogens with one attached hydrogen (secondary N) is 2. The minimum absolute atomic E-state index is 0.0793. The number of non-ortho nitro benzene ring substituents is 1. The van der Waals surface area contributed by atoms with Gasteiger partial charge in [-0.3, -0.25) is 15.1 Å². The predicted octanol–water partition coefficient (Wildman–Crippen LogP) is 1.04. The molecule has 0 unspecified atom stereocenters. The van der Waals surface area contributed by atoms with Crippen LogP contribution < -0.4 is 10.6 Å². The molecule has 1 heterocycles.